The fraction of sp³-hybridized carbons (Fsp3) is 0.211. The molecule has 0 aliphatic heterocycles. The fourth-order valence-electron chi connectivity index (χ4n) is 2.15. The first-order chi connectivity index (χ1) is 13.4. The van der Waals surface area contributed by atoms with E-state index in [4.69, 9.17) is 23.2 Å². The van der Waals surface area contributed by atoms with Gasteiger partial charge >= 0.3 is 6.03 Å². The Labute approximate surface area is 172 Å². The Bertz CT molecular complexity index is 857. The second-order valence-electron chi connectivity index (χ2n) is 5.74. The summed E-state index contributed by atoms with van der Waals surface area (Å²) in [6, 6.07) is 10.9. The maximum atomic E-state index is 12.0. The number of hydrogen-bond donors (Lipinski definition) is 4. The second-order valence-corrected chi connectivity index (χ2v) is 6.56. The maximum Gasteiger partial charge on any atom is 0.319 e. The molecule has 4 amide bonds. The van der Waals surface area contributed by atoms with E-state index in [1.807, 2.05) is 0 Å². The van der Waals surface area contributed by atoms with Crippen LogP contribution in [-0.4, -0.2) is 30.9 Å². The SMILES string of the molecule is CCC(=O)Nc1ccc(NC(=O)NCCNC(=O)c2ccc(Cl)c(Cl)c2)cc1. The molecule has 2 aromatic rings. The summed E-state index contributed by atoms with van der Waals surface area (Å²) in [7, 11) is 0. The third kappa shape index (κ3) is 6.75. The summed E-state index contributed by atoms with van der Waals surface area (Å²) in [4.78, 5) is 35.2. The molecule has 0 spiro atoms. The highest BCUT2D eigenvalue weighted by atomic mass is 35.5. The topological polar surface area (TPSA) is 99.3 Å². The Kier molecular flexibility index (Phi) is 8.10. The fourth-order valence-corrected chi connectivity index (χ4v) is 2.45. The molecule has 148 valence electrons. The quantitative estimate of drug-likeness (QED) is 0.509. The van der Waals surface area contributed by atoms with Crippen molar-refractivity contribution in [2.24, 2.45) is 0 Å². The predicted octanol–water partition coefficient (Wildman–Crippen LogP) is 3.89. The van der Waals surface area contributed by atoms with Crippen LogP contribution in [0, 0.1) is 0 Å². The number of amides is 4. The van der Waals surface area contributed by atoms with Crippen LogP contribution in [0.5, 0.6) is 0 Å². The zero-order valence-electron chi connectivity index (χ0n) is 15.1. The lowest BCUT2D eigenvalue weighted by Crippen LogP contribution is -2.36. The van der Waals surface area contributed by atoms with Crippen LogP contribution < -0.4 is 21.3 Å². The lowest BCUT2D eigenvalue weighted by atomic mass is 10.2. The number of halogens is 2. The van der Waals surface area contributed by atoms with Crippen LogP contribution in [0.4, 0.5) is 16.2 Å². The molecule has 0 saturated carbocycles. The van der Waals surface area contributed by atoms with Crippen LogP contribution in [0.15, 0.2) is 42.5 Å². The van der Waals surface area contributed by atoms with Crippen LogP contribution >= 0.6 is 23.2 Å². The molecule has 7 nitrogen and oxygen atoms in total. The minimum atomic E-state index is -0.408. The molecule has 2 rings (SSSR count). The number of rotatable bonds is 7. The van der Waals surface area contributed by atoms with Crippen molar-refractivity contribution in [1.82, 2.24) is 10.6 Å². The van der Waals surface area contributed by atoms with Gasteiger partial charge in [-0.1, -0.05) is 30.1 Å². The van der Waals surface area contributed by atoms with Crippen LogP contribution in [0.25, 0.3) is 0 Å². The summed E-state index contributed by atoms with van der Waals surface area (Å²) in [5.41, 5.74) is 1.61. The van der Waals surface area contributed by atoms with Gasteiger partial charge in [0.2, 0.25) is 5.91 Å². The largest absolute Gasteiger partial charge is 0.350 e. The number of carbonyl (C=O) groups is 3. The number of anilines is 2. The summed E-state index contributed by atoms with van der Waals surface area (Å²) in [5, 5.41) is 11.4. The van der Waals surface area contributed by atoms with Crippen molar-refractivity contribution in [3.05, 3.63) is 58.1 Å². The minimum absolute atomic E-state index is 0.0821. The molecular weight excluding hydrogens is 403 g/mol. The number of urea groups is 1. The molecule has 0 unspecified atom stereocenters. The van der Waals surface area contributed by atoms with E-state index in [-0.39, 0.29) is 24.9 Å². The summed E-state index contributed by atoms with van der Waals surface area (Å²) < 4.78 is 0. The van der Waals surface area contributed by atoms with E-state index in [0.717, 1.165) is 0 Å². The Hall–Kier alpha value is -2.77. The Morgan fingerprint density at radius 3 is 2.04 bits per heavy atom. The van der Waals surface area contributed by atoms with Crippen LogP contribution in [0.1, 0.15) is 23.7 Å². The lowest BCUT2D eigenvalue weighted by Gasteiger charge is -2.10. The van der Waals surface area contributed by atoms with Crippen molar-refractivity contribution in [2.75, 3.05) is 23.7 Å². The molecule has 2 aromatic carbocycles. The molecule has 0 fully saturated rings. The van der Waals surface area contributed by atoms with Gasteiger partial charge in [0.15, 0.2) is 0 Å². The van der Waals surface area contributed by atoms with Gasteiger partial charge in [-0.2, -0.15) is 0 Å². The second kappa shape index (κ2) is 10.5. The zero-order chi connectivity index (χ0) is 20.5. The normalized spacial score (nSPS) is 10.1. The van der Waals surface area contributed by atoms with Gasteiger partial charge < -0.3 is 21.3 Å². The van der Waals surface area contributed by atoms with Gasteiger partial charge in [0, 0.05) is 36.4 Å². The van der Waals surface area contributed by atoms with E-state index in [9.17, 15) is 14.4 Å². The molecule has 0 bridgehead atoms. The van der Waals surface area contributed by atoms with E-state index in [0.29, 0.717) is 33.4 Å². The van der Waals surface area contributed by atoms with E-state index in [1.54, 1.807) is 43.3 Å². The van der Waals surface area contributed by atoms with Crippen molar-refractivity contribution >= 4 is 52.4 Å². The summed E-state index contributed by atoms with van der Waals surface area (Å²) >= 11 is 11.7. The van der Waals surface area contributed by atoms with Crippen molar-refractivity contribution in [3.63, 3.8) is 0 Å². The van der Waals surface area contributed by atoms with Gasteiger partial charge in [-0.15, -0.1) is 0 Å². The molecule has 0 saturated heterocycles. The van der Waals surface area contributed by atoms with Crippen LogP contribution in [-0.2, 0) is 4.79 Å². The van der Waals surface area contributed by atoms with Crippen LogP contribution in [0.2, 0.25) is 10.0 Å². The highest BCUT2D eigenvalue weighted by molar-refractivity contribution is 6.42. The van der Waals surface area contributed by atoms with E-state index < -0.39 is 6.03 Å². The van der Waals surface area contributed by atoms with Gasteiger partial charge in [-0.25, -0.2) is 4.79 Å². The number of hydrogen-bond acceptors (Lipinski definition) is 3. The lowest BCUT2D eigenvalue weighted by molar-refractivity contribution is -0.115. The van der Waals surface area contributed by atoms with Gasteiger partial charge in [0.05, 0.1) is 10.0 Å². The van der Waals surface area contributed by atoms with Crippen molar-refractivity contribution in [3.8, 4) is 0 Å². The minimum Gasteiger partial charge on any atom is -0.350 e. The highest BCUT2D eigenvalue weighted by Gasteiger charge is 2.08. The Morgan fingerprint density at radius 2 is 1.43 bits per heavy atom. The zero-order valence-corrected chi connectivity index (χ0v) is 16.7. The molecule has 0 aliphatic carbocycles. The predicted molar refractivity (Wildman–Crippen MR) is 111 cm³/mol. The Balaban J connectivity index is 1.71. The molecule has 4 N–H and O–H groups in total. The van der Waals surface area contributed by atoms with Crippen molar-refractivity contribution in [1.29, 1.82) is 0 Å². The van der Waals surface area contributed by atoms with E-state index in [1.165, 1.54) is 6.07 Å². The molecule has 28 heavy (non-hydrogen) atoms. The average Bonchev–Trinajstić information content (AvgIpc) is 2.68. The van der Waals surface area contributed by atoms with E-state index >= 15 is 0 Å². The summed E-state index contributed by atoms with van der Waals surface area (Å²) in [6.45, 7) is 2.25. The number of carbonyl (C=O) groups excluding carboxylic acids is 3. The van der Waals surface area contributed by atoms with Crippen LogP contribution in [0.3, 0.4) is 0 Å². The molecule has 0 atom stereocenters. The first kappa shape index (κ1) is 21.5. The summed E-state index contributed by atoms with van der Waals surface area (Å²) in [5.74, 6) is -0.396. The number of nitrogens with one attached hydrogen (secondary N) is 4. The molecule has 0 aromatic heterocycles. The molecule has 0 aliphatic rings. The van der Waals surface area contributed by atoms with Crippen molar-refractivity contribution < 1.29 is 14.4 Å². The van der Waals surface area contributed by atoms with Gasteiger partial charge in [-0.3, -0.25) is 9.59 Å². The summed E-state index contributed by atoms with van der Waals surface area (Å²) in [6.07, 6.45) is 0.393. The highest BCUT2D eigenvalue weighted by Crippen LogP contribution is 2.22. The Morgan fingerprint density at radius 1 is 0.821 bits per heavy atom. The standard InChI is InChI=1S/C19H20Cl2N4O3/c1-2-17(26)24-13-4-6-14(7-5-13)25-19(28)23-10-9-22-18(27)12-3-8-15(20)16(21)11-12/h3-8,11H,2,9-10H2,1H3,(H,22,27)(H,24,26)(H2,23,25,28). The monoisotopic (exact) mass is 422 g/mol. The maximum absolute atomic E-state index is 12.0. The van der Waals surface area contributed by atoms with Gasteiger partial charge in [-0.05, 0) is 42.5 Å². The van der Waals surface area contributed by atoms with Gasteiger partial charge in [0.1, 0.15) is 0 Å². The van der Waals surface area contributed by atoms with Crippen molar-refractivity contribution in [2.45, 2.75) is 13.3 Å². The third-order valence-corrected chi connectivity index (χ3v) is 4.36. The van der Waals surface area contributed by atoms with Gasteiger partial charge in [0.25, 0.3) is 5.91 Å². The molecular formula is C19H20Cl2N4O3. The third-order valence-electron chi connectivity index (χ3n) is 3.63. The molecule has 0 heterocycles. The average molecular weight is 423 g/mol. The first-order valence-electron chi connectivity index (χ1n) is 8.57. The van der Waals surface area contributed by atoms with E-state index in [2.05, 4.69) is 21.3 Å². The number of benzene rings is 2. The molecule has 9 heteroatoms. The molecule has 0 radical (unpaired) electrons. The smallest absolute Gasteiger partial charge is 0.319 e. The first-order valence-corrected chi connectivity index (χ1v) is 9.32.